The first-order valence-electron chi connectivity index (χ1n) is 6.40. The Morgan fingerprint density at radius 3 is 3.06 bits per heavy atom. The van der Waals surface area contributed by atoms with Crippen molar-refractivity contribution in [3.8, 4) is 0 Å². The van der Waals surface area contributed by atoms with Gasteiger partial charge in [-0.3, -0.25) is 4.98 Å². The Hall–Kier alpha value is -0.410. The van der Waals surface area contributed by atoms with Crippen molar-refractivity contribution in [1.82, 2.24) is 10.3 Å². The van der Waals surface area contributed by atoms with Crippen molar-refractivity contribution in [2.45, 2.75) is 45.1 Å². The van der Waals surface area contributed by atoms with Crippen LogP contribution >= 0.6 is 11.3 Å². The molecule has 2 rings (SSSR count). The Morgan fingerprint density at radius 2 is 2.44 bits per heavy atom. The molecule has 3 heteroatoms. The maximum Gasteiger partial charge on any atom is 0.0794 e. The molecule has 1 heterocycles. The van der Waals surface area contributed by atoms with Crippen LogP contribution in [0.1, 0.15) is 49.9 Å². The number of thiazole rings is 1. The third kappa shape index (κ3) is 2.64. The lowest BCUT2D eigenvalue weighted by Crippen LogP contribution is -2.28. The van der Waals surface area contributed by atoms with Gasteiger partial charge in [-0.15, -0.1) is 11.3 Å². The molecule has 0 aromatic carbocycles. The van der Waals surface area contributed by atoms with E-state index >= 15 is 0 Å². The predicted octanol–water partition coefficient (Wildman–Crippen LogP) is 3.62. The van der Waals surface area contributed by atoms with Crippen molar-refractivity contribution < 1.29 is 0 Å². The van der Waals surface area contributed by atoms with Crippen LogP contribution in [0, 0.1) is 11.8 Å². The van der Waals surface area contributed by atoms with Crippen LogP contribution in [0.3, 0.4) is 0 Å². The topological polar surface area (TPSA) is 24.9 Å². The SMILES string of the molecule is CCC1CCCC(C(NC)c2cncs2)C1. The summed E-state index contributed by atoms with van der Waals surface area (Å²) in [6, 6.07) is 0.529. The molecule has 1 aliphatic rings. The molecule has 1 aliphatic carbocycles. The van der Waals surface area contributed by atoms with E-state index in [1.54, 1.807) is 11.3 Å². The van der Waals surface area contributed by atoms with E-state index in [2.05, 4.69) is 24.3 Å². The molecular formula is C13H22N2S. The molecule has 1 N–H and O–H groups in total. The van der Waals surface area contributed by atoms with Gasteiger partial charge in [0.15, 0.2) is 0 Å². The number of nitrogens with zero attached hydrogens (tertiary/aromatic N) is 1. The van der Waals surface area contributed by atoms with Crippen molar-refractivity contribution >= 4 is 11.3 Å². The van der Waals surface area contributed by atoms with Gasteiger partial charge in [0.05, 0.1) is 5.51 Å². The zero-order valence-electron chi connectivity index (χ0n) is 10.3. The highest BCUT2D eigenvalue weighted by Gasteiger charge is 2.28. The van der Waals surface area contributed by atoms with Gasteiger partial charge in [-0.25, -0.2) is 0 Å². The first kappa shape index (κ1) is 12.1. The lowest BCUT2D eigenvalue weighted by Gasteiger charge is -2.33. The molecule has 0 bridgehead atoms. The minimum atomic E-state index is 0.529. The molecule has 3 unspecified atom stereocenters. The van der Waals surface area contributed by atoms with Gasteiger partial charge in [0, 0.05) is 17.1 Å². The fraction of sp³-hybridized carbons (Fsp3) is 0.769. The second-order valence-electron chi connectivity index (χ2n) is 4.87. The normalized spacial score (nSPS) is 27.9. The van der Waals surface area contributed by atoms with Crippen LogP contribution in [0.15, 0.2) is 11.7 Å². The Kier molecular flexibility index (Phi) is 4.36. The first-order valence-corrected chi connectivity index (χ1v) is 7.28. The summed E-state index contributed by atoms with van der Waals surface area (Å²) in [5, 5.41) is 3.49. The first-order chi connectivity index (χ1) is 7.85. The average molecular weight is 238 g/mol. The van der Waals surface area contributed by atoms with E-state index < -0.39 is 0 Å². The number of rotatable bonds is 4. The fourth-order valence-electron chi connectivity index (χ4n) is 3.00. The molecule has 3 atom stereocenters. The van der Waals surface area contributed by atoms with Gasteiger partial charge in [-0.1, -0.05) is 26.2 Å². The maximum absolute atomic E-state index is 4.20. The standard InChI is InChI=1S/C13H22N2S/c1-3-10-5-4-6-11(7-10)13(14-2)12-8-15-9-16-12/h8-11,13-14H,3-7H2,1-2H3. The number of aromatic nitrogens is 1. The Balaban J connectivity index is 2.03. The third-order valence-corrected chi connectivity index (χ3v) is 4.80. The summed E-state index contributed by atoms with van der Waals surface area (Å²) in [4.78, 5) is 5.61. The number of hydrogen-bond acceptors (Lipinski definition) is 3. The molecule has 0 radical (unpaired) electrons. The summed E-state index contributed by atoms with van der Waals surface area (Å²) in [6.45, 7) is 2.33. The minimum absolute atomic E-state index is 0.529. The van der Waals surface area contributed by atoms with E-state index in [-0.39, 0.29) is 0 Å². The number of nitrogens with one attached hydrogen (secondary N) is 1. The van der Waals surface area contributed by atoms with Crippen LogP contribution in [0.25, 0.3) is 0 Å². The second kappa shape index (κ2) is 5.78. The summed E-state index contributed by atoms with van der Waals surface area (Å²) in [7, 11) is 2.08. The maximum atomic E-state index is 4.20. The van der Waals surface area contributed by atoms with E-state index in [4.69, 9.17) is 0 Å². The van der Waals surface area contributed by atoms with E-state index in [0.717, 1.165) is 11.8 Å². The molecule has 2 nitrogen and oxygen atoms in total. The summed E-state index contributed by atoms with van der Waals surface area (Å²) in [5.41, 5.74) is 1.94. The van der Waals surface area contributed by atoms with Crippen molar-refractivity contribution in [1.29, 1.82) is 0 Å². The average Bonchev–Trinajstić information content (AvgIpc) is 2.84. The number of hydrogen-bond donors (Lipinski definition) is 1. The molecule has 0 aliphatic heterocycles. The molecule has 1 aromatic rings. The monoisotopic (exact) mass is 238 g/mol. The van der Waals surface area contributed by atoms with Gasteiger partial charge in [0.1, 0.15) is 0 Å². The third-order valence-electron chi connectivity index (χ3n) is 3.94. The lowest BCUT2D eigenvalue weighted by molar-refractivity contribution is 0.216. The largest absolute Gasteiger partial charge is 0.312 e. The van der Waals surface area contributed by atoms with Gasteiger partial charge in [0.25, 0.3) is 0 Å². The molecule has 1 fully saturated rings. The zero-order chi connectivity index (χ0) is 11.4. The van der Waals surface area contributed by atoms with Gasteiger partial charge >= 0.3 is 0 Å². The minimum Gasteiger partial charge on any atom is -0.312 e. The Morgan fingerprint density at radius 1 is 1.56 bits per heavy atom. The molecule has 90 valence electrons. The van der Waals surface area contributed by atoms with Crippen LogP contribution in [-0.4, -0.2) is 12.0 Å². The van der Waals surface area contributed by atoms with Gasteiger partial charge in [-0.2, -0.15) is 0 Å². The highest BCUT2D eigenvalue weighted by molar-refractivity contribution is 7.09. The Labute approximate surface area is 102 Å². The van der Waals surface area contributed by atoms with Gasteiger partial charge < -0.3 is 5.32 Å². The van der Waals surface area contributed by atoms with Crippen molar-refractivity contribution in [2.24, 2.45) is 11.8 Å². The smallest absolute Gasteiger partial charge is 0.0794 e. The highest BCUT2D eigenvalue weighted by Crippen LogP contribution is 2.39. The van der Waals surface area contributed by atoms with Gasteiger partial charge in [-0.05, 0) is 31.7 Å². The molecule has 0 amide bonds. The van der Waals surface area contributed by atoms with Gasteiger partial charge in [0.2, 0.25) is 0 Å². The van der Waals surface area contributed by atoms with E-state index in [1.165, 1.54) is 37.0 Å². The van der Waals surface area contributed by atoms with Crippen molar-refractivity contribution in [2.75, 3.05) is 7.05 Å². The second-order valence-corrected chi connectivity index (χ2v) is 5.79. The summed E-state index contributed by atoms with van der Waals surface area (Å²) in [5.74, 6) is 1.76. The molecule has 1 aromatic heterocycles. The highest BCUT2D eigenvalue weighted by atomic mass is 32.1. The quantitative estimate of drug-likeness (QED) is 0.866. The summed E-state index contributed by atoms with van der Waals surface area (Å²) in [6.07, 6.45) is 8.98. The molecular weight excluding hydrogens is 216 g/mol. The lowest BCUT2D eigenvalue weighted by atomic mass is 9.76. The molecule has 1 saturated carbocycles. The van der Waals surface area contributed by atoms with Crippen LogP contribution in [0.4, 0.5) is 0 Å². The van der Waals surface area contributed by atoms with E-state index in [0.29, 0.717) is 6.04 Å². The zero-order valence-corrected chi connectivity index (χ0v) is 11.1. The van der Waals surface area contributed by atoms with Crippen LogP contribution in [0.5, 0.6) is 0 Å². The van der Waals surface area contributed by atoms with Crippen molar-refractivity contribution in [3.05, 3.63) is 16.6 Å². The summed E-state index contributed by atoms with van der Waals surface area (Å²) >= 11 is 1.78. The van der Waals surface area contributed by atoms with Crippen LogP contribution in [0.2, 0.25) is 0 Å². The predicted molar refractivity (Wildman–Crippen MR) is 69.7 cm³/mol. The van der Waals surface area contributed by atoms with Crippen LogP contribution in [-0.2, 0) is 0 Å². The Bertz CT molecular complexity index is 297. The molecule has 16 heavy (non-hydrogen) atoms. The van der Waals surface area contributed by atoms with Crippen LogP contribution < -0.4 is 5.32 Å². The van der Waals surface area contributed by atoms with E-state index in [9.17, 15) is 0 Å². The fourth-order valence-corrected chi connectivity index (χ4v) is 3.82. The molecule has 0 saturated heterocycles. The van der Waals surface area contributed by atoms with Crippen molar-refractivity contribution in [3.63, 3.8) is 0 Å². The van der Waals surface area contributed by atoms with E-state index in [1.807, 2.05) is 11.7 Å². The summed E-state index contributed by atoms with van der Waals surface area (Å²) < 4.78 is 0. The molecule has 0 spiro atoms.